The minimum Gasteiger partial charge on any atom is -0.468 e. The van der Waals surface area contributed by atoms with Crippen molar-refractivity contribution in [1.82, 2.24) is 15.1 Å². The van der Waals surface area contributed by atoms with Crippen molar-refractivity contribution in [2.75, 3.05) is 0 Å². The van der Waals surface area contributed by atoms with E-state index in [0.717, 1.165) is 29.7 Å². The van der Waals surface area contributed by atoms with Crippen LogP contribution in [0.5, 0.6) is 5.75 Å². The van der Waals surface area contributed by atoms with Crippen LogP contribution in [0, 0.1) is 18.6 Å². The lowest BCUT2D eigenvalue weighted by Crippen LogP contribution is -2.28. The van der Waals surface area contributed by atoms with Gasteiger partial charge in [-0.15, -0.1) is 0 Å². The quantitative estimate of drug-likeness (QED) is 0.656. The summed E-state index contributed by atoms with van der Waals surface area (Å²) < 4.78 is 33.2. The average molecular weight is 385 g/mol. The zero-order valence-corrected chi connectivity index (χ0v) is 15.7. The number of benzene rings is 2. The van der Waals surface area contributed by atoms with Crippen molar-refractivity contribution in [3.63, 3.8) is 0 Å². The van der Waals surface area contributed by atoms with Crippen molar-refractivity contribution in [2.24, 2.45) is 0 Å². The Kier molecular flexibility index (Phi) is 6.03. The van der Waals surface area contributed by atoms with Gasteiger partial charge in [-0.2, -0.15) is 5.10 Å². The number of aryl methyl sites for hydroxylation is 1. The molecular weight excluding hydrogens is 364 g/mol. The first kappa shape index (κ1) is 19.5. The van der Waals surface area contributed by atoms with Gasteiger partial charge in [-0.1, -0.05) is 36.8 Å². The second-order valence-corrected chi connectivity index (χ2v) is 6.43. The van der Waals surface area contributed by atoms with Crippen LogP contribution in [0.3, 0.4) is 0 Å². The number of nitrogens with one attached hydrogen (secondary N) is 1. The second-order valence-electron chi connectivity index (χ2n) is 6.43. The minimum atomic E-state index is -0.797. The summed E-state index contributed by atoms with van der Waals surface area (Å²) in [6, 6.07) is 12.5. The summed E-state index contributed by atoms with van der Waals surface area (Å²) in [5.41, 5.74) is 2.41. The number of aromatic nitrogens is 2. The predicted octanol–water partition coefficient (Wildman–Crippen LogP) is 4.39. The molecule has 0 fully saturated rings. The molecule has 0 aliphatic heterocycles. The van der Waals surface area contributed by atoms with Crippen molar-refractivity contribution >= 4 is 5.91 Å². The molecule has 3 rings (SSSR count). The Bertz CT molecular complexity index is 955. The summed E-state index contributed by atoms with van der Waals surface area (Å²) in [6.45, 7) is 3.90. The van der Waals surface area contributed by atoms with Gasteiger partial charge in [-0.3, -0.25) is 4.79 Å². The summed E-state index contributed by atoms with van der Waals surface area (Å²) in [6.07, 6.45) is 2.30. The van der Waals surface area contributed by atoms with Gasteiger partial charge in [0, 0.05) is 12.3 Å². The highest BCUT2D eigenvalue weighted by atomic mass is 19.1. The van der Waals surface area contributed by atoms with Gasteiger partial charge in [-0.25, -0.2) is 13.5 Å². The SMILES string of the molecule is CCC(NC(=O)c1ccn(COc2ccc(F)cc2F)n1)c1ccc(C)cc1. The van der Waals surface area contributed by atoms with Gasteiger partial charge >= 0.3 is 0 Å². The molecule has 2 aromatic carbocycles. The molecule has 0 bridgehead atoms. The Morgan fingerprint density at radius 3 is 2.61 bits per heavy atom. The monoisotopic (exact) mass is 385 g/mol. The van der Waals surface area contributed by atoms with Crippen molar-refractivity contribution in [1.29, 1.82) is 0 Å². The third-order valence-corrected chi connectivity index (χ3v) is 4.31. The highest BCUT2D eigenvalue weighted by Gasteiger charge is 2.16. The second kappa shape index (κ2) is 8.65. The lowest BCUT2D eigenvalue weighted by molar-refractivity contribution is 0.0928. The number of carbonyl (C=O) groups excluding carboxylic acids is 1. The Morgan fingerprint density at radius 1 is 1.18 bits per heavy atom. The van der Waals surface area contributed by atoms with Crippen LogP contribution in [0.25, 0.3) is 0 Å². The molecular formula is C21H21F2N3O2. The maximum atomic E-state index is 13.6. The molecule has 0 radical (unpaired) electrons. The summed E-state index contributed by atoms with van der Waals surface area (Å²) in [5.74, 6) is -1.87. The van der Waals surface area contributed by atoms with Crippen LogP contribution >= 0.6 is 0 Å². The molecule has 1 atom stereocenters. The standard InChI is InChI=1S/C21H21F2N3O2/c1-3-18(15-6-4-14(2)5-7-15)24-21(27)19-10-11-26(25-19)13-28-20-9-8-16(22)12-17(20)23/h4-12,18H,3,13H2,1-2H3,(H,24,27). The molecule has 0 spiro atoms. The van der Waals surface area contributed by atoms with Crippen LogP contribution in [0.1, 0.15) is 41.0 Å². The first-order chi connectivity index (χ1) is 13.5. The van der Waals surface area contributed by atoms with Gasteiger partial charge in [-0.05, 0) is 37.1 Å². The molecule has 5 nitrogen and oxygen atoms in total. The number of carbonyl (C=O) groups is 1. The fourth-order valence-corrected chi connectivity index (χ4v) is 2.73. The smallest absolute Gasteiger partial charge is 0.272 e. The largest absolute Gasteiger partial charge is 0.468 e. The Morgan fingerprint density at radius 2 is 1.93 bits per heavy atom. The molecule has 7 heteroatoms. The van der Waals surface area contributed by atoms with E-state index in [4.69, 9.17) is 4.74 Å². The molecule has 146 valence electrons. The minimum absolute atomic E-state index is 0.0895. The van der Waals surface area contributed by atoms with E-state index in [1.165, 1.54) is 10.7 Å². The number of hydrogen-bond acceptors (Lipinski definition) is 3. The van der Waals surface area contributed by atoms with E-state index in [0.29, 0.717) is 0 Å². The van der Waals surface area contributed by atoms with Gasteiger partial charge < -0.3 is 10.1 Å². The topological polar surface area (TPSA) is 56.2 Å². The number of rotatable bonds is 7. The Balaban J connectivity index is 1.62. The van der Waals surface area contributed by atoms with E-state index in [-0.39, 0.29) is 30.1 Å². The summed E-state index contributed by atoms with van der Waals surface area (Å²) in [7, 11) is 0. The first-order valence-electron chi connectivity index (χ1n) is 8.95. The van der Waals surface area contributed by atoms with Gasteiger partial charge in [0.05, 0.1) is 6.04 Å². The molecule has 0 aliphatic rings. The van der Waals surface area contributed by atoms with Crippen LogP contribution in [0.2, 0.25) is 0 Å². The Hall–Kier alpha value is -3.22. The number of halogens is 2. The maximum absolute atomic E-state index is 13.6. The van der Waals surface area contributed by atoms with Crippen LogP contribution in [0.4, 0.5) is 8.78 Å². The van der Waals surface area contributed by atoms with E-state index in [1.807, 2.05) is 38.1 Å². The van der Waals surface area contributed by atoms with Gasteiger partial charge in [0.15, 0.2) is 18.3 Å². The summed E-state index contributed by atoms with van der Waals surface area (Å²) >= 11 is 0. The number of hydrogen-bond donors (Lipinski definition) is 1. The molecule has 1 N–H and O–H groups in total. The van der Waals surface area contributed by atoms with E-state index in [2.05, 4.69) is 10.4 Å². The van der Waals surface area contributed by atoms with Crippen molar-refractivity contribution < 1.29 is 18.3 Å². The average Bonchev–Trinajstić information content (AvgIpc) is 3.15. The molecule has 28 heavy (non-hydrogen) atoms. The van der Waals surface area contributed by atoms with E-state index < -0.39 is 11.6 Å². The molecule has 1 unspecified atom stereocenters. The third-order valence-electron chi connectivity index (χ3n) is 4.31. The molecule has 0 saturated heterocycles. The Labute approximate surface area is 161 Å². The fraction of sp³-hybridized carbons (Fsp3) is 0.238. The normalized spacial score (nSPS) is 11.9. The number of nitrogens with zero attached hydrogens (tertiary/aromatic N) is 2. The molecule has 3 aromatic rings. The van der Waals surface area contributed by atoms with Crippen LogP contribution in [-0.4, -0.2) is 15.7 Å². The number of amides is 1. The molecule has 0 saturated carbocycles. The molecule has 1 amide bonds. The predicted molar refractivity (Wildman–Crippen MR) is 101 cm³/mol. The summed E-state index contributed by atoms with van der Waals surface area (Å²) in [4.78, 5) is 12.5. The van der Waals surface area contributed by atoms with E-state index in [1.54, 1.807) is 12.3 Å². The lowest BCUT2D eigenvalue weighted by atomic mass is 10.0. The highest BCUT2D eigenvalue weighted by molar-refractivity contribution is 5.92. The molecule has 1 aromatic heterocycles. The third kappa shape index (κ3) is 4.73. The number of ether oxygens (including phenoxy) is 1. The first-order valence-corrected chi connectivity index (χ1v) is 8.95. The van der Waals surface area contributed by atoms with Crippen LogP contribution in [0.15, 0.2) is 54.7 Å². The molecule has 0 aliphatic carbocycles. The molecule has 1 heterocycles. The lowest BCUT2D eigenvalue weighted by Gasteiger charge is -2.17. The maximum Gasteiger partial charge on any atom is 0.272 e. The summed E-state index contributed by atoms with van der Waals surface area (Å²) in [5, 5.41) is 7.11. The van der Waals surface area contributed by atoms with Crippen molar-refractivity contribution in [2.45, 2.75) is 33.0 Å². The fourth-order valence-electron chi connectivity index (χ4n) is 2.73. The van der Waals surface area contributed by atoms with Gasteiger partial charge in [0.1, 0.15) is 11.5 Å². The van der Waals surface area contributed by atoms with E-state index >= 15 is 0 Å². The van der Waals surface area contributed by atoms with Crippen molar-refractivity contribution in [3.05, 3.63) is 83.2 Å². The highest BCUT2D eigenvalue weighted by Crippen LogP contribution is 2.19. The van der Waals surface area contributed by atoms with E-state index in [9.17, 15) is 13.6 Å². The zero-order valence-electron chi connectivity index (χ0n) is 15.7. The van der Waals surface area contributed by atoms with Crippen molar-refractivity contribution in [3.8, 4) is 5.75 Å². The van der Waals surface area contributed by atoms with Crippen LogP contribution < -0.4 is 10.1 Å². The van der Waals surface area contributed by atoms with Crippen LogP contribution in [-0.2, 0) is 6.73 Å². The van der Waals surface area contributed by atoms with Gasteiger partial charge in [0.2, 0.25) is 0 Å². The van der Waals surface area contributed by atoms with Gasteiger partial charge in [0.25, 0.3) is 5.91 Å². The zero-order chi connectivity index (χ0) is 20.1.